The van der Waals surface area contributed by atoms with Crippen LogP contribution >= 0.6 is 0 Å². The number of non-ortho nitro benzene ring substituents is 1. The third-order valence-electron chi connectivity index (χ3n) is 2.31. The third kappa shape index (κ3) is 5.01. The lowest BCUT2D eigenvalue weighted by Crippen LogP contribution is -2.27. The summed E-state index contributed by atoms with van der Waals surface area (Å²) in [7, 11) is 1.65. The molecule has 0 heterocycles. The molecule has 1 aromatic rings. The van der Waals surface area contributed by atoms with Crippen molar-refractivity contribution in [3.63, 3.8) is 0 Å². The second-order valence-corrected chi connectivity index (χ2v) is 4.05. The van der Waals surface area contributed by atoms with E-state index in [9.17, 15) is 19.3 Å². The van der Waals surface area contributed by atoms with E-state index in [0.717, 1.165) is 6.07 Å². The fourth-order valence-corrected chi connectivity index (χ4v) is 1.62. The van der Waals surface area contributed by atoms with Crippen molar-refractivity contribution in [1.82, 2.24) is 4.90 Å². The smallest absolute Gasteiger partial charge is 0.320 e. The molecule has 0 radical (unpaired) electrons. The van der Waals surface area contributed by atoms with E-state index in [-0.39, 0.29) is 25.4 Å². The van der Waals surface area contributed by atoms with E-state index in [4.69, 9.17) is 4.74 Å². The highest BCUT2D eigenvalue weighted by Gasteiger charge is 2.12. The fourth-order valence-electron chi connectivity index (χ4n) is 1.62. The van der Waals surface area contributed by atoms with Gasteiger partial charge in [0.05, 0.1) is 24.1 Å². The van der Waals surface area contributed by atoms with Crippen LogP contribution in [0.2, 0.25) is 0 Å². The topological polar surface area (TPSA) is 72.7 Å². The number of esters is 1. The van der Waals surface area contributed by atoms with Crippen molar-refractivity contribution in [1.29, 1.82) is 0 Å². The van der Waals surface area contributed by atoms with Gasteiger partial charge in [-0.25, -0.2) is 4.39 Å². The zero-order chi connectivity index (χ0) is 14.4. The van der Waals surface area contributed by atoms with Gasteiger partial charge in [0, 0.05) is 12.6 Å². The van der Waals surface area contributed by atoms with E-state index in [1.165, 1.54) is 12.1 Å². The number of nitro benzene ring substituents is 1. The van der Waals surface area contributed by atoms with Gasteiger partial charge in [-0.05, 0) is 25.6 Å². The highest BCUT2D eigenvalue weighted by molar-refractivity contribution is 5.71. The van der Waals surface area contributed by atoms with Crippen LogP contribution in [-0.2, 0) is 16.1 Å². The Kier molecular flexibility index (Phi) is 5.37. The molecule has 0 aliphatic rings. The Morgan fingerprint density at radius 2 is 2.16 bits per heavy atom. The molecule has 104 valence electrons. The molecule has 0 fully saturated rings. The SMILES string of the molecule is CCOC(=O)CN(C)Cc1cc(F)cc([N+](=O)[O-])c1. The molecule has 0 bridgehead atoms. The Morgan fingerprint density at radius 1 is 1.47 bits per heavy atom. The summed E-state index contributed by atoms with van der Waals surface area (Å²) in [6, 6.07) is 3.34. The molecular formula is C12H15FN2O4. The van der Waals surface area contributed by atoms with E-state index >= 15 is 0 Å². The van der Waals surface area contributed by atoms with Gasteiger partial charge in [-0.3, -0.25) is 19.8 Å². The summed E-state index contributed by atoms with van der Waals surface area (Å²) in [6.45, 7) is 2.25. The van der Waals surface area contributed by atoms with Crippen LogP contribution in [0.15, 0.2) is 18.2 Å². The quantitative estimate of drug-likeness (QED) is 0.447. The Labute approximate surface area is 109 Å². The van der Waals surface area contributed by atoms with Crippen molar-refractivity contribution in [3.8, 4) is 0 Å². The zero-order valence-corrected chi connectivity index (χ0v) is 10.8. The normalized spacial score (nSPS) is 10.5. The molecule has 1 aromatic carbocycles. The van der Waals surface area contributed by atoms with Crippen LogP contribution < -0.4 is 0 Å². The Balaban J connectivity index is 2.71. The van der Waals surface area contributed by atoms with Crippen LogP contribution in [0.5, 0.6) is 0 Å². The van der Waals surface area contributed by atoms with E-state index in [1.54, 1.807) is 18.9 Å². The Hall–Kier alpha value is -2.02. The van der Waals surface area contributed by atoms with Gasteiger partial charge < -0.3 is 4.74 Å². The van der Waals surface area contributed by atoms with Crippen molar-refractivity contribution in [2.24, 2.45) is 0 Å². The van der Waals surface area contributed by atoms with Crippen LogP contribution in [0.1, 0.15) is 12.5 Å². The molecular weight excluding hydrogens is 255 g/mol. The molecule has 0 aromatic heterocycles. The minimum atomic E-state index is -0.672. The number of carbonyl (C=O) groups excluding carboxylic acids is 1. The highest BCUT2D eigenvalue weighted by atomic mass is 19.1. The summed E-state index contributed by atoms with van der Waals surface area (Å²) in [5.41, 5.74) is 0.123. The third-order valence-corrected chi connectivity index (χ3v) is 2.31. The number of nitrogens with zero attached hydrogens (tertiary/aromatic N) is 2. The van der Waals surface area contributed by atoms with Crippen LogP contribution in [-0.4, -0.2) is 36.0 Å². The monoisotopic (exact) mass is 270 g/mol. The molecule has 0 amide bonds. The summed E-state index contributed by atoms with van der Waals surface area (Å²) >= 11 is 0. The number of halogens is 1. The van der Waals surface area contributed by atoms with Crippen LogP contribution in [0.4, 0.5) is 10.1 Å². The van der Waals surface area contributed by atoms with Gasteiger partial charge >= 0.3 is 5.97 Å². The van der Waals surface area contributed by atoms with Crippen LogP contribution in [0, 0.1) is 15.9 Å². The van der Waals surface area contributed by atoms with Crippen molar-refractivity contribution >= 4 is 11.7 Å². The standard InChI is InChI=1S/C12H15FN2O4/c1-3-19-12(16)8-14(2)7-9-4-10(13)6-11(5-9)15(17)18/h4-6H,3,7-8H2,1-2H3. The molecule has 1 rings (SSSR count). The number of hydrogen-bond acceptors (Lipinski definition) is 5. The molecule has 7 heteroatoms. The average Bonchev–Trinajstić information content (AvgIpc) is 2.27. The van der Waals surface area contributed by atoms with Gasteiger partial charge in [0.25, 0.3) is 5.69 Å². The number of rotatable bonds is 6. The van der Waals surface area contributed by atoms with Crippen LogP contribution in [0.3, 0.4) is 0 Å². The summed E-state index contributed by atoms with van der Waals surface area (Å²) in [5.74, 6) is -1.07. The van der Waals surface area contributed by atoms with Gasteiger partial charge in [0.15, 0.2) is 0 Å². The number of carbonyl (C=O) groups is 1. The molecule has 0 aliphatic carbocycles. The molecule has 0 N–H and O–H groups in total. The largest absolute Gasteiger partial charge is 0.465 e. The molecule has 0 saturated heterocycles. The Morgan fingerprint density at radius 3 is 2.74 bits per heavy atom. The first-order valence-corrected chi connectivity index (χ1v) is 5.70. The molecule has 0 atom stereocenters. The number of ether oxygens (including phenoxy) is 1. The van der Waals surface area contributed by atoms with Crippen molar-refractivity contribution in [3.05, 3.63) is 39.7 Å². The van der Waals surface area contributed by atoms with Crippen LogP contribution in [0.25, 0.3) is 0 Å². The summed E-state index contributed by atoms with van der Waals surface area (Å²) < 4.78 is 18.0. The first kappa shape index (κ1) is 15.0. The summed E-state index contributed by atoms with van der Waals surface area (Å²) in [6.07, 6.45) is 0. The molecule has 0 saturated carbocycles. The van der Waals surface area contributed by atoms with Gasteiger partial charge in [-0.2, -0.15) is 0 Å². The lowest BCUT2D eigenvalue weighted by Gasteiger charge is -2.15. The van der Waals surface area contributed by atoms with Crippen molar-refractivity contribution < 1.29 is 18.8 Å². The zero-order valence-electron chi connectivity index (χ0n) is 10.8. The molecule has 0 spiro atoms. The molecule has 0 aliphatic heterocycles. The summed E-state index contributed by atoms with van der Waals surface area (Å²) in [4.78, 5) is 22.8. The fraction of sp³-hybridized carbons (Fsp3) is 0.417. The Bertz CT molecular complexity index is 479. The second kappa shape index (κ2) is 6.79. The minimum absolute atomic E-state index is 0.0398. The molecule has 6 nitrogen and oxygen atoms in total. The summed E-state index contributed by atoms with van der Waals surface area (Å²) in [5, 5.41) is 10.6. The van der Waals surface area contributed by atoms with Crippen molar-refractivity contribution in [2.75, 3.05) is 20.2 Å². The maximum Gasteiger partial charge on any atom is 0.320 e. The van der Waals surface area contributed by atoms with E-state index in [0.29, 0.717) is 5.56 Å². The predicted molar refractivity (Wildman–Crippen MR) is 66.0 cm³/mol. The number of nitro groups is 1. The first-order chi connectivity index (χ1) is 8.92. The number of likely N-dealkylation sites (N-methyl/N-ethyl adjacent to an activating group) is 1. The molecule has 0 unspecified atom stereocenters. The lowest BCUT2D eigenvalue weighted by molar-refractivity contribution is -0.385. The lowest BCUT2D eigenvalue weighted by atomic mass is 10.2. The maximum atomic E-state index is 13.2. The van der Waals surface area contributed by atoms with Gasteiger partial charge in [0.2, 0.25) is 0 Å². The average molecular weight is 270 g/mol. The van der Waals surface area contributed by atoms with Gasteiger partial charge in [-0.1, -0.05) is 0 Å². The second-order valence-electron chi connectivity index (χ2n) is 4.05. The maximum absolute atomic E-state index is 13.2. The van der Waals surface area contributed by atoms with E-state index in [1.807, 2.05) is 0 Å². The van der Waals surface area contributed by atoms with E-state index < -0.39 is 16.7 Å². The minimum Gasteiger partial charge on any atom is -0.465 e. The number of benzene rings is 1. The molecule has 19 heavy (non-hydrogen) atoms. The highest BCUT2D eigenvalue weighted by Crippen LogP contribution is 2.17. The van der Waals surface area contributed by atoms with Crippen molar-refractivity contribution in [2.45, 2.75) is 13.5 Å². The first-order valence-electron chi connectivity index (χ1n) is 5.70. The van der Waals surface area contributed by atoms with E-state index in [2.05, 4.69) is 0 Å². The van der Waals surface area contributed by atoms with Gasteiger partial charge in [-0.15, -0.1) is 0 Å². The number of hydrogen-bond donors (Lipinski definition) is 0. The predicted octanol–water partition coefficient (Wildman–Crippen LogP) is 1.73. The van der Waals surface area contributed by atoms with Gasteiger partial charge in [0.1, 0.15) is 5.82 Å².